The Balaban J connectivity index is 2.43. The van der Waals surface area contributed by atoms with Gasteiger partial charge in [-0.25, -0.2) is 8.42 Å². The third-order valence-electron chi connectivity index (χ3n) is 3.01. The minimum Gasteiger partial charge on any atom is -0.399 e. The van der Waals surface area contributed by atoms with Crippen molar-refractivity contribution in [2.24, 2.45) is 0 Å². The van der Waals surface area contributed by atoms with E-state index < -0.39 is 9.84 Å². The highest BCUT2D eigenvalue weighted by Gasteiger charge is 2.19. The van der Waals surface area contributed by atoms with Crippen LogP contribution in [0.3, 0.4) is 0 Å². The molecule has 0 heterocycles. The van der Waals surface area contributed by atoms with Crippen LogP contribution in [0, 0.1) is 6.92 Å². The number of nitrogen functional groups attached to an aromatic ring is 1. The molecule has 0 saturated heterocycles. The first-order chi connectivity index (χ1) is 8.92. The SMILES string of the molecule is Cc1c(N)cccc1CS(=O)(=O)c1ccccc1Cl. The zero-order valence-electron chi connectivity index (χ0n) is 10.4. The molecule has 2 rings (SSSR count). The average Bonchev–Trinajstić information content (AvgIpc) is 2.35. The molecule has 0 bridgehead atoms. The van der Waals surface area contributed by atoms with Gasteiger partial charge in [0.15, 0.2) is 9.84 Å². The maximum Gasteiger partial charge on any atom is 0.183 e. The normalized spacial score (nSPS) is 11.5. The highest BCUT2D eigenvalue weighted by Crippen LogP contribution is 2.26. The van der Waals surface area contributed by atoms with Gasteiger partial charge in [0.2, 0.25) is 0 Å². The summed E-state index contributed by atoms with van der Waals surface area (Å²) in [6.07, 6.45) is 0. The molecule has 19 heavy (non-hydrogen) atoms. The first kappa shape index (κ1) is 13.9. The summed E-state index contributed by atoms with van der Waals surface area (Å²) in [6.45, 7) is 1.81. The van der Waals surface area contributed by atoms with Crippen molar-refractivity contribution in [3.8, 4) is 0 Å². The van der Waals surface area contributed by atoms with Gasteiger partial charge in [-0.15, -0.1) is 0 Å². The lowest BCUT2D eigenvalue weighted by molar-refractivity contribution is 0.595. The molecule has 0 aliphatic heterocycles. The topological polar surface area (TPSA) is 60.2 Å². The van der Waals surface area contributed by atoms with Gasteiger partial charge in [-0.3, -0.25) is 0 Å². The summed E-state index contributed by atoms with van der Waals surface area (Å²) in [4.78, 5) is 0.151. The highest BCUT2D eigenvalue weighted by atomic mass is 35.5. The van der Waals surface area contributed by atoms with Crippen LogP contribution < -0.4 is 5.73 Å². The Labute approximate surface area is 117 Å². The Morgan fingerprint density at radius 3 is 2.47 bits per heavy atom. The first-order valence-corrected chi connectivity index (χ1v) is 7.76. The maximum atomic E-state index is 12.4. The summed E-state index contributed by atoms with van der Waals surface area (Å²) >= 11 is 5.94. The van der Waals surface area contributed by atoms with Gasteiger partial charge in [0.25, 0.3) is 0 Å². The molecule has 0 aliphatic rings. The zero-order chi connectivity index (χ0) is 14.0. The van der Waals surface area contributed by atoms with Crippen molar-refractivity contribution in [3.63, 3.8) is 0 Å². The van der Waals surface area contributed by atoms with E-state index in [0.29, 0.717) is 11.3 Å². The molecule has 2 N–H and O–H groups in total. The van der Waals surface area contributed by atoms with Crippen molar-refractivity contribution in [2.45, 2.75) is 17.6 Å². The Morgan fingerprint density at radius 1 is 1.11 bits per heavy atom. The summed E-state index contributed by atoms with van der Waals surface area (Å²) < 4.78 is 24.7. The van der Waals surface area contributed by atoms with Gasteiger partial charge in [-0.05, 0) is 36.2 Å². The second kappa shape index (κ2) is 5.23. The summed E-state index contributed by atoms with van der Waals surface area (Å²) in [5.41, 5.74) is 7.86. The minimum atomic E-state index is -3.47. The van der Waals surface area contributed by atoms with E-state index in [1.54, 1.807) is 36.4 Å². The summed E-state index contributed by atoms with van der Waals surface area (Å²) in [7, 11) is -3.47. The quantitative estimate of drug-likeness (QED) is 0.885. The largest absolute Gasteiger partial charge is 0.399 e. The van der Waals surface area contributed by atoms with Crippen molar-refractivity contribution < 1.29 is 8.42 Å². The fourth-order valence-electron chi connectivity index (χ4n) is 1.84. The molecule has 0 spiro atoms. The number of hydrogen-bond acceptors (Lipinski definition) is 3. The van der Waals surface area contributed by atoms with Crippen LogP contribution in [0.5, 0.6) is 0 Å². The Morgan fingerprint density at radius 2 is 1.79 bits per heavy atom. The van der Waals surface area contributed by atoms with Crippen LogP contribution >= 0.6 is 11.6 Å². The monoisotopic (exact) mass is 295 g/mol. The van der Waals surface area contributed by atoms with E-state index in [1.165, 1.54) is 6.07 Å². The molecule has 2 aromatic carbocycles. The van der Waals surface area contributed by atoms with Gasteiger partial charge in [-0.1, -0.05) is 35.9 Å². The molecule has 0 aliphatic carbocycles. The van der Waals surface area contributed by atoms with E-state index in [0.717, 1.165) is 5.56 Å². The number of hydrogen-bond donors (Lipinski definition) is 1. The molecule has 100 valence electrons. The smallest absolute Gasteiger partial charge is 0.183 e. The van der Waals surface area contributed by atoms with E-state index >= 15 is 0 Å². The summed E-state index contributed by atoms with van der Waals surface area (Å²) in [5.74, 6) is -0.104. The predicted molar refractivity (Wildman–Crippen MR) is 77.9 cm³/mol. The van der Waals surface area contributed by atoms with Gasteiger partial charge in [0, 0.05) is 5.69 Å². The van der Waals surface area contributed by atoms with E-state index in [2.05, 4.69) is 0 Å². The number of halogens is 1. The Kier molecular flexibility index (Phi) is 3.83. The number of benzene rings is 2. The van der Waals surface area contributed by atoms with Crippen LogP contribution in [0.25, 0.3) is 0 Å². The molecule has 0 fully saturated rings. The zero-order valence-corrected chi connectivity index (χ0v) is 12.0. The molecule has 0 unspecified atom stereocenters. The first-order valence-electron chi connectivity index (χ1n) is 5.73. The van der Waals surface area contributed by atoms with Crippen molar-refractivity contribution in [1.29, 1.82) is 0 Å². The van der Waals surface area contributed by atoms with Crippen LogP contribution in [0.1, 0.15) is 11.1 Å². The third-order valence-corrected chi connectivity index (χ3v) is 5.16. The van der Waals surface area contributed by atoms with Crippen molar-refractivity contribution in [1.82, 2.24) is 0 Å². The molecule has 0 atom stereocenters. The van der Waals surface area contributed by atoms with E-state index in [4.69, 9.17) is 17.3 Å². The number of nitrogens with two attached hydrogens (primary N) is 1. The lowest BCUT2D eigenvalue weighted by Crippen LogP contribution is -2.07. The summed E-state index contributed by atoms with van der Waals surface area (Å²) in [5, 5.41) is 0.240. The molecule has 0 aromatic heterocycles. The number of rotatable bonds is 3. The molecule has 5 heteroatoms. The molecule has 3 nitrogen and oxygen atoms in total. The molecule has 2 aromatic rings. The lowest BCUT2D eigenvalue weighted by atomic mass is 10.1. The van der Waals surface area contributed by atoms with Crippen LogP contribution in [0.15, 0.2) is 47.4 Å². The van der Waals surface area contributed by atoms with Crippen LogP contribution in [0.4, 0.5) is 5.69 Å². The Hall–Kier alpha value is -1.52. The van der Waals surface area contributed by atoms with Crippen LogP contribution in [-0.4, -0.2) is 8.42 Å². The summed E-state index contributed by atoms with van der Waals surface area (Å²) in [6, 6.07) is 11.7. The minimum absolute atomic E-state index is 0.104. The lowest BCUT2D eigenvalue weighted by Gasteiger charge is -2.10. The second-order valence-corrected chi connectivity index (χ2v) is 6.69. The van der Waals surface area contributed by atoms with E-state index in [9.17, 15) is 8.42 Å². The van der Waals surface area contributed by atoms with E-state index in [1.807, 2.05) is 6.92 Å². The van der Waals surface area contributed by atoms with Crippen LogP contribution in [0.2, 0.25) is 5.02 Å². The Bertz CT molecular complexity index is 711. The fraction of sp³-hybridized carbons (Fsp3) is 0.143. The van der Waals surface area contributed by atoms with Gasteiger partial charge < -0.3 is 5.73 Å². The standard InChI is InChI=1S/C14H14ClNO2S/c1-10-11(5-4-7-13(10)16)9-19(17,18)14-8-3-2-6-12(14)15/h2-8H,9,16H2,1H3. The number of anilines is 1. The molecule has 0 radical (unpaired) electrons. The van der Waals surface area contributed by atoms with Crippen molar-refractivity contribution >= 4 is 27.1 Å². The van der Waals surface area contributed by atoms with Gasteiger partial charge in [0.1, 0.15) is 0 Å². The van der Waals surface area contributed by atoms with Gasteiger partial charge >= 0.3 is 0 Å². The fourth-order valence-corrected chi connectivity index (χ4v) is 3.86. The maximum absolute atomic E-state index is 12.4. The third kappa shape index (κ3) is 2.91. The van der Waals surface area contributed by atoms with Gasteiger partial charge in [-0.2, -0.15) is 0 Å². The van der Waals surface area contributed by atoms with Gasteiger partial charge in [0.05, 0.1) is 15.7 Å². The average molecular weight is 296 g/mol. The van der Waals surface area contributed by atoms with Crippen LogP contribution in [-0.2, 0) is 15.6 Å². The predicted octanol–water partition coefficient (Wildman–Crippen LogP) is 3.20. The second-order valence-electron chi connectivity index (χ2n) is 4.32. The molecule has 0 saturated carbocycles. The van der Waals surface area contributed by atoms with E-state index in [-0.39, 0.29) is 15.7 Å². The molecule has 0 amide bonds. The molecular formula is C14H14ClNO2S. The molecular weight excluding hydrogens is 282 g/mol. The highest BCUT2D eigenvalue weighted by molar-refractivity contribution is 7.90. The number of sulfone groups is 1. The van der Waals surface area contributed by atoms with Crippen molar-refractivity contribution in [3.05, 3.63) is 58.6 Å². The van der Waals surface area contributed by atoms with Crippen molar-refractivity contribution in [2.75, 3.05) is 5.73 Å².